The van der Waals surface area contributed by atoms with Crippen molar-refractivity contribution < 1.29 is 41.3 Å². The van der Waals surface area contributed by atoms with Crippen molar-refractivity contribution in [2.75, 3.05) is 59.1 Å². The summed E-state index contributed by atoms with van der Waals surface area (Å²) in [5.41, 5.74) is 1.67. The number of allylic oxidation sites excluding steroid dienone is 1. The number of dihydropyridines is 1. The van der Waals surface area contributed by atoms with E-state index in [-0.39, 0.29) is 29.5 Å². The maximum absolute atomic E-state index is 14.7. The fourth-order valence-electron chi connectivity index (χ4n) is 8.25. The normalized spacial score (nSPS) is 21.0. The summed E-state index contributed by atoms with van der Waals surface area (Å²) in [6.45, 7) is 13.0. The number of nitrogens with one attached hydrogen (secondary N) is 1. The van der Waals surface area contributed by atoms with Crippen LogP contribution in [0.5, 0.6) is 11.8 Å². The van der Waals surface area contributed by atoms with Crippen LogP contribution in [-0.2, 0) is 19.6 Å². The first-order valence-electron chi connectivity index (χ1n) is 19.2. The van der Waals surface area contributed by atoms with E-state index in [2.05, 4.69) is 20.4 Å². The Balaban J connectivity index is 1.24. The van der Waals surface area contributed by atoms with Gasteiger partial charge in [0.25, 0.3) is 6.43 Å². The number of ether oxygens (including phenoxy) is 3. The average molecular weight is 800 g/mol. The molecule has 2 N–H and O–H groups in total. The topological polar surface area (TPSA) is 161 Å². The van der Waals surface area contributed by atoms with Gasteiger partial charge in [0.2, 0.25) is 27.6 Å². The van der Waals surface area contributed by atoms with Gasteiger partial charge in [0, 0.05) is 55.9 Å². The minimum Gasteiger partial charge on any atom is -0.481 e. The number of fused-ring (bicyclic) bond motifs is 2. The highest BCUT2D eigenvalue weighted by Gasteiger charge is 2.47. The molecule has 1 atom stereocenters. The Labute approximate surface area is 326 Å². The summed E-state index contributed by atoms with van der Waals surface area (Å²) >= 11 is 0. The van der Waals surface area contributed by atoms with Crippen LogP contribution in [0.25, 0.3) is 5.65 Å². The van der Waals surface area contributed by atoms with E-state index in [1.54, 1.807) is 39.8 Å². The fourth-order valence-corrected chi connectivity index (χ4v) is 9.88. The van der Waals surface area contributed by atoms with Gasteiger partial charge in [0.05, 0.1) is 25.2 Å². The van der Waals surface area contributed by atoms with E-state index in [0.717, 1.165) is 25.2 Å². The van der Waals surface area contributed by atoms with Gasteiger partial charge in [0.1, 0.15) is 17.1 Å². The lowest BCUT2D eigenvalue weighted by molar-refractivity contribution is -0.147. The van der Waals surface area contributed by atoms with E-state index in [1.165, 1.54) is 34.2 Å². The van der Waals surface area contributed by atoms with Crippen molar-refractivity contribution in [3.05, 3.63) is 63.8 Å². The highest BCUT2D eigenvalue weighted by Crippen LogP contribution is 2.45. The number of aryl methyl sites for hydroxylation is 2. The van der Waals surface area contributed by atoms with Crippen LogP contribution < -0.4 is 14.8 Å². The Kier molecular flexibility index (Phi) is 11.2. The third kappa shape index (κ3) is 7.62. The summed E-state index contributed by atoms with van der Waals surface area (Å²) in [4.78, 5) is 19.9. The number of rotatable bonds is 11. The van der Waals surface area contributed by atoms with Gasteiger partial charge in [-0.2, -0.15) is 9.29 Å². The number of piperidine rings is 1. The Hall–Kier alpha value is -4.19. The van der Waals surface area contributed by atoms with Gasteiger partial charge in [-0.15, -0.1) is 10.2 Å². The lowest BCUT2D eigenvalue weighted by atomic mass is 9.71. The molecule has 17 heteroatoms. The molecule has 7 rings (SSSR count). The van der Waals surface area contributed by atoms with Crippen molar-refractivity contribution in [3.63, 3.8) is 0 Å². The number of hydrogen-bond donors (Lipinski definition) is 2. The number of halogens is 2. The van der Waals surface area contributed by atoms with Gasteiger partial charge in [-0.05, 0) is 101 Å². The maximum atomic E-state index is 14.7. The molecule has 7 heterocycles. The van der Waals surface area contributed by atoms with Crippen LogP contribution >= 0.6 is 0 Å². The zero-order valence-corrected chi connectivity index (χ0v) is 33.4. The molecule has 2 fully saturated rings. The summed E-state index contributed by atoms with van der Waals surface area (Å²) in [6.07, 6.45) is 4.89. The Morgan fingerprint density at radius 3 is 2.55 bits per heavy atom. The zero-order chi connectivity index (χ0) is 40.0. The molecule has 3 aromatic heterocycles. The zero-order valence-electron chi connectivity index (χ0n) is 32.6. The van der Waals surface area contributed by atoms with Crippen LogP contribution in [0.3, 0.4) is 0 Å². The molecule has 0 aromatic carbocycles. The SMILES string of the molecule is CC1=C(CN2CC3(CCOCC3)Oc3nc(OCCN4CCCCC4)c(C)cc3S2(=O)=O)C=C([C@@H](c2ccn3c(C(F)F)nnc3c2C)C(C)(C)C(=O)O)NC1. The quantitative estimate of drug-likeness (QED) is 0.262. The maximum Gasteiger partial charge on any atom is 0.310 e. The second-order valence-electron chi connectivity index (χ2n) is 16.0. The molecule has 304 valence electrons. The molecule has 56 heavy (non-hydrogen) atoms. The lowest BCUT2D eigenvalue weighted by Gasteiger charge is -2.39. The number of aliphatic carboxylic acids is 1. The number of carbonyl (C=O) groups is 1. The number of hydrogen-bond acceptors (Lipinski definition) is 11. The van der Waals surface area contributed by atoms with Gasteiger partial charge in [-0.25, -0.2) is 17.2 Å². The molecule has 14 nitrogen and oxygen atoms in total. The molecule has 0 unspecified atom stereocenters. The standard InChI is InChI=1S/C39H51F2N7O7S/c1-24-19-30-36(43-35(24)54-18-15-46-12-7-6-8-13-46)55-39(10-16-53-17-11-39)23-47(56(30,51)52)22-27-20-29(42-21-25(27)2)31(38(4,5)37(49)50)28-9-14-48-33(26(28)3)44-45-34(48)32(40)41/h9,14,19-20,31-32,42H,6-8,10-13,15-18,21-23H2,1-5H3,(H,49,50)/t31-/m1/s1. The first-order valence-corrected chi connectivity index (χ1v) is 20.7. The van der Waals surface area contributed by atoms with Crippen LogP contribution in [0, 0.1) is 19.3 Å². The first kappa shape index (κ1) is 40.0. The molecule has 0 bridgehead atoms. The summed E-state index contributed by atoms with van der Waals surface area (Å²) < 4.78 is 78.0. The molecule has 0 aliphatic carbocycles. The van der Waals surface area contributed by atoms with Crippen LogP contribution in [-0.4, -0.2) is 113 Å². The minimum absolute atomic E-state index is 0.0119. The minimum atomic E-state index is -4.18. The number of carboxylic acid groups (broad SMARTS) is 1. The van der Waals surface area contributed by atoms with Crippen molar-refractivity contribution >= 4 is 21.6 Å². The van der Waals surface area contributed by atoms with Gasteiger partial charge in [-0.1, -0.05) is 6.42 Å². The first-order chi connectivity index (χ1) is 26.6. The fraction of sp³-hybridized carbons (Fsp3) is 0.590. The van der Waals surface area contributed by atoms with E-state index < -0.39 is 45.2 Å². The summed E-state index contributed by atoms with van der Waals surface area (Å²) in [5, 5.41) is 21.6. The molecule has 2 saturated heterocycles. The van der Waals surface area contributed by atoms with Crippen LogP contribution in [0.15, 0.2) is 46.1 Å². The second-order valence-corrected chi connectivity index (χ2v) is 17.9. The number of carboxylic acids is 1. The smallest absolute Gasteiger partial charge is 0.310 e. The van der Waals surface area contributed by atoms with E-state index >= 15 is 0 Å². The second kappa shape index (κ2) is 15.6. The number of aromatic nitrogens is 4. The van der Waals surface area contributed by atoms with Gasteiger partial charge in [-0.3, -0.25) is 14.1 Å². The molecule has 4 aliphatic heterocycles. The molecule has 1 spiro atoms. The molecule has 0 saturated carbocycles. The summed E-state index contributed by atoms with van der Waals surface area (Å²) in [7, 11) is -4.18. The van der Waals surface area contributed by atoms with Crippen LogP contribution in [0.2, 0.25) is 0 Å². The molecule has 4 aliphatic rings. The van der Waals surface area contributed by atoms with Gasteiger partial charge >= 0.3 is 5.97 Å². The molecule has 3 aromatic rings. The van der Waals surface area contributed by atoms with E-state index in [0.29, 0.717) is 73.0 Å². The third-order valence-electron chi connectivity index (χ3n) is 11.8. The Morgan fingerprint density at radius 2 is 1.86 bits per heavy atom. The predicted octanol–water partition coefficient (Wildman–Crippen LogP) is 5.17. The van der Waals surface area contributed by atoms with Crippen molar-refractivity contribution in [3.8, 4) is 11.8 Å². The third-order valence-corrected chi connectivity index (χ3v) is 13.5. The van der Waals surface area contributed by atoms with Gasteiger partial charge < -0.3 is 24.6 Å². The Morgan fingerprint density at radius 1 is 1.12 bits per heavy atom. The summed E-state index contributed by atoms with van der Waals surface area (Å²) in [6, 6.07) is 3.21. The molecule has 0 radical (unpaired) electrons. The lowest BCUT2D eigenvalue weighted by Crippen LogP contribution is -2.51. The van der Waals surface area contributed by atoms with E-state index in [1.807, 2.05) is 13.0 Å². The largest absolute Gasteiger partial charge is 0.481 e. The van der Waals surface area contributed by atoms with Crippen LogP contribution in [0.1, 0.15) is 87.7 Å². The van der Waals surface area contributed by atoms with Gasteiger partial charge in [0.15, 0.2) is 5.65 Å². The number of alkyl halides is 2. The number of nitrogens with zero attached hydrogens (tertiary/aromatic N) is 6. The van der Waals surface area contributed by atoms with E-state index in [4.69, 9.17) is 19.2 Å². The number of likely N-dealkylation sites (tertiary alicyclic amines) is 1. The van der Waals surface area contributed by atoms with Crippen molar-refractivity contribution in [1.82, 2.24) is 34.1 Å². The highest BCUT2D eigenvalue weighted by molar-refractivity contribution is 7.89. The van der Waals surface area contributed by atoms with Crippen molar-refractivity contribution in [2.24, 2.45) is 5.41 Å². The average Bonchev–Trinajstić information content (AvgIpc) is 3.58. The highest BCUT2D eigenvalue weighted by atomic mass is 32.2. The van der Waals surface area contributed by atoms with Crippen molar-refractivity contribution in [2.45, 2.75) is 89.6 Å². The number of pyridine rings is 2. The molecular weight excluding hydrogens is 749 g/mol. The van der Waals surface area contributed by atoms with E-state index in [9.17, 15) is 27.1 Å². The Bertz CT molecular complexity index is 2160. The monoisotopic (exact) mass is 799 g/mol. The van der Waals surface area contributed by atoms with Crippen molar-refractivity contribution in [1.29, 1.82) is 0 Å². The predicted molar refractivity (Wildman–Crippen MR) is 203 cm³/mol. The molecule has 0 amide bonds. The summed E-state index contributed by atoms with van der Waals surface area (Å²) in [5.74, 6) is -2.03. The van der Waals surface area contributed by atoms with Crippen LogP contribution in [0.4, 0.5) is 8.78 Å². The molecular formula is C39H51F2N7O7S. The number of sulfonamides is 1.